The fourth-order valence-electron chi connectivity index (χ4n) is 3.98. The van der Waals surface area contributed by atoms with Crippen molar-refractivity contribution < 1.29 is 14.4 Å². The second kappa shape index (κ2) is 8.96. The lowest BCUT2D eigenvalue weighted by Crippen LogP contribution is -2.31. The first-order valence-electron chi connectivity index (χ1n) is 10.3. The zero-order valence-corrected chi connectivity index (χ0v) is 17.4. The van der Waals surface area contributed by atoms with Gasteiger partial charge in [0, 0.05) is 31.3 Å². The summed E-state index contributed by atoms with van der Waals surface area (Å²) < 4.78 is 0. The van der Waals surface area contributed by atoms with E-state index in [-0.39, 0.29) is 30.6 Å². The van der Waals surface area contributed by atoms with Gasteiger partial charge in [-0.1, -0.05) is 60.7 Å². The number of carbonyl (C=O) groups excluding carboxylic acids is 3. The minimum atomic E-state index is -0.431. The van der Waals surface area contributed by atoms with Crippen LogP contribution in [0.2, 0.25) is 0 Å². The SMILES string of the molecule is CN1C(=O)Cc2cc(C(=O)CCNC(=O)C(c3ccccc3)c3ccccc3)ccc21. The highest BCUT2D eigenvalue weighted by Crippen LogP contribution is 2.29. The van der Waals surface area contributed by atoms with Gasteiger partial charge in [0.2, 0.25) is 11.8 Å². The molecule has 1 aliphatic heterocycles. The largest absolute Gasteiger partial charge is 0.355 e. The molecule has 0 fully saturated rings. The van der Waals surface area contributed by atoms with Crippen LogP contribution in [0.25, 0.3) is 0 Å². The van der Waals surface area contributed by atoms with Crippen LogP contribution in [0, 0.1) is 0 Å². The molecular formula is C26H24N2O3. The number of hydrogen-bond acceptors (Lipinski definition) is 3. The van der Waals surface area contributed by atoms with Gasteiger partial charge in [0.15, 0.2) is 5.78 Å². The van der Waals surface area contributed by atoms with Crippen molar-refractivity contribution in [1.29, 1.82) is 0 Å². The van der Waals surface area contributed by atoms with Crippen molar-refractivity contribution in [2.45, 2.75) is 18.8 Å². The third-order valence-electron chi connectivity index (χ3n) is 5.66. The number of carbonyl (C=O) groups is 3. The molecule has 0 aromatic heterocycles. The van der Waals surface area contributed by atoms with Crippen molar-refractivity contribution >= 4 is 23.3 Å². The van der Waals surface area contributed by atoms with E-state index < -0.39 is 5.92 Å². The van der Waals surface area contributed by atoms with Crippen LogP contribution in [-0.2, 0) is 16.0 Å². The molecule has 0 spiro atoms. The van der Waals surface area contributed by atoms with Crippen LogP contribution in [0.15, 0.2) is 78.9 Å². The molecular weight excluding hydrogens is 388 g/mol. The second-order valence-corrected chi connectivity index (χ2v) is 7.69. The van der Waals surface area contributed by atoms with Crippen LogP contribution in [0.3, 0.4) is 0 Å². The van der Waals surface area contributed by atoms with E-state index in [0.29, 0.717) is 12.0 Å². The third kappa shape index (κ3) is 4.40. The number of amides is 2. The van der Waals surface area contributed by atoms with E-state index in [9.17, 15) is 14.4 Å². The molecule has 4 rings (SSSR count). The standard InChI is InChI=1S/C26H24N2O3/c1-28-22-13-12-20(16-21(22)17-24(28)30)23(29)14-15-27-26(31)25(18-8-4-2-5-9-18)19-10-6-3-7-11-19/h2-13,16,25H,14-15,17H2,1H3,(H,27,31). The normalized spacial score (nSPS) is 12.7. The highest BCUT2D eigenvalue weighted by Gasteiger charge is 2.25. The maximum Gasteiger partial charge on any atom is 0.232 e. The van der Waals surface area contributed by atoms with Crippen LogP contribution in [0.1, 0.15) is 39.4 Å². The van der Waals surface area contributed by atoms with Gasteiger partial charge in [0.25, 0.3) is 0 Å². The number of likely N-dealkylation sites (N-methyl/N-ethyl adjacent to an activating group) is 1. The molecule has 5 heteroatoms. The van der Waals surface area contributed by atoms with Crippen LogP contribution in [-0.4, -0.2) is 31.2 Å². The Labute approximate surface area is 181 Å². The molecule has 0 aliphatic carbocycles. The molecule has 0 bridgehead atoms. The molecule has 3 aromatic rings. The Morgan fingerprint density at radius 1 is 0.935 bits per heavy atom. The number of Topliss-reactive ketones (excluding diaryl/α,β-unsaturated/α-hetero) is 1. The van der Waals surface area contributed by atoms with E-state index in [1.54, 1.807) is 24.1 Å². The first-order chi connectivity index (χ1) is 15.0. The van der Waals surface area contributed by atoms with Gasteiger partial charge in [0.1, 0.15) is 0 Å². The van der Waals surface area contributed by atoms with Gasteiger partial charge in [-0.2, -0.15) is 0 Å². The summed E-state index contributed by atoms with van der Waals surface area (Å²) in [6.07, 6.45) is 0.518. The van der Waals surface area contributed by atoms with Crippen molar-refractivity contribution in [1.82, 2.24) is 5.32 Å². The molecule has 1 N–H and O–H groups in total. The fourth-order valence-corrected chi connectivity index (χ4v) is 3.98. The van der Waals surface area contributed by atoms with E-state index in [1.807, 2.05) is 66.7 Å². The maximum absolute atomic E-state index is 13.0. The van der Waals surface area contributed by atoms with Crippen LogP contribution in [0.5, 0.6) is 0 Å². The summed E-state index contributed by atoms with van der Waals surface area (Å²) in [6.45, 7) is 0.254. The summed E-state index contributed by atoms with van der Waals surface area (Å²) in [6, 6.07) is 24.6. The average Bonchev–Trinajstić information content (AvgIpc) is 3.08. The van der Waals surface area contributed by atoms with Gasteiger partial charge in [-0.15, -0.1) is 0 Å². The molecule has 31 heavy (non-hydrogen) atoms. The van der Waals surface area contributed by atoms with Crippen molar-refractivity contribution in [2.24, 2.45) is 0 Å². The molecule has 0 saturated carbocycles. The topological polar surface area (TPSA) is 66.5 Å². The lowest BCUT2D eigenvalue weighted by Gasteiger charge is -2.18. The summed E-state index contributed by atoms with van der Waals surface area (Å²) in [4.78, 5) is 39.1. The Kier molecular flexibility index (Phi) is 5.94. The molecule has 1 aliphatic rings. The number of hydrogen-bond donors (Lipinski definition) is 1. The number of nitrogens with one attached hydrogen (secondary N) is 1. The van der Waals surface area contributed by atoms with Gasteiger partial charge in [-0.3, -0.25) is 14.4 Å². The zero-order valence-electron chi connectivity index (χ0n) is 17.4. The minimum absolute atomic E-state index is 0.0275. The van der Waals surface area contributed by atoms with Gasteiger partial charge >= 0.3 is 0 Å². The summed E-state index contributed by atoms with van der Waals surface area (Å²) in [5.41, 5.74) is 4.10. The van der Waals surface area contributed by atoms with Crippen molar-refractivity contribution in [3.63, 3.8) is 0 Å². The van der Waals surface area contributed by atoms with E-state index in [0.717, 1.165) is 22.4 Å². The molecule has 2 amide bonds. The number of fused-ring (bicyclic) bond motifs is 1. The van der Waals surface area contributed by atoms with Gasteiger partial charge in [0.05, 0.1) is 12.3 Å². The molecule has 0 unspecified atom stereocenters. The van der Waals surface area contributed by atoms with Crippen LogP contribution in [0.4, 0.5) is 5.69 Å². The maximum atomic E-state index is 13.0. The summed E-state index contributed by atoms with van der Waals surface area (Å²) in [5.74, 6) is -0.591. The number of benzene rings is 3. The number of nitrogens with zero attached hydrogens (tertiary/aromatic N) is 1. The van der Waals surface area contributed by atoms with Crippen molar-refractivity contribution in [3.8, 4) is 0 Å². The number of ketones is 1. The van der Waals surface area contributed by atoms with Crippen LogP contribution >= 0.6 is 0 Å². The number of rotatable bonds is 7. The predicted octanol–water partition coefficient (Wildman–Crippen LogP) is 3.73. The highest BCUT2D eigenvalue weighted by atomic mass is 16.2. The van der Waals surface area contributed by atoms with Gasteiger partial charge in [-0.05, 0) is 34.9 Å². The Morgan fingerprint density at radius 3 is 2.16 bits per heavy atom. The third-order valence-corrected chi connectivity index (χ3v) is 5.66. The van der Waals surface area contributed by atoms with Crippen molar-refractivity contribution in [2.75, 3.05) is 18.5 Å². The Hall–Kier alpha value is -3.73. The van der Waals surface area contributed by atoms with Crippen molar-refractivity contribution in [3.05, 3.63) is 101 Å². The number of anilines is 1. The molecule has 0 saturated heterocycles. The molecule has 5 nitrogen and oxygen atoms in total. The van der Waals surface area contributed by atoms with Gasteiger partial charge in [-0.25, -0.2) is 0 Å². The smallest absolute Gasteiger partial charge is 0.232 e. The zero-order chi connectivity index (χ0) is 21.8. The molecule has 156 valence electrons. The Morgan fingerprint density at radius 2 is 1.55 bits per heavy atom. The Balaban J connectivity index is 1.41. The summed E-state index contributed by atoms with van der Waals surface area (Å²) in [7, 11) is 1.74. The summed E-state index contributed by atoms with van der Waals surface area (Å²) in [5, 5.41) is 2.92. The molecule has 1 heterocycles. The average molecular weight is 412 g/mol. The lowest BCUT2D eigenvalue weighted by atomic mass is 9.90. The Bertz CT molecular complexity index is 1070. The first-order valence-corrected chi connectivity index (χ1v) is 10.3. The quantitative estimate of drug-likeness (QED) is 0.602. The minimum Gasteiger partial charge on any atom is -0.355 e. The monoisotopic (exact) mass is 412 g/mol. The fraction of sp³-hybridized carbons (Fsp3) is 0.192. The van der Waals surface area contributed by atoms with Crippen LogP contribution < -0.4 is 10.2 Å². The predicted molar refractivity (Wildman–Crippen MR) is 120 cm³/mol. The van der Waals surface area contributed by atoms with Gasteiger partial charge < -0.3 is 10.2 Å². The second-order valence-electron chi connectivity index (χ2n) is 7.69. The summed E-state index contributed by atoms with van der Waals surface area (Å²) >= 11 is 0. The molecule has 0 radical (unpaired) electrons. The molecule has 3 aromatic carbocycles. The first kappa shape index (κ1) is 20.5. The van der Waals surface area contributed by atoms with E-state index in [4.69, 9.17) is 0 Å². The van der Waals surface area contributed by atoms with E-state index >= 15 is 0 Å². The lowest BCUT2D eigenvalue weighted by molar-refractivity contribution is -0.121. The molecule has 0 atom stereocenters. The van der Waals surface area contributed by atoms with E-state index in [1.165, 1.54) is 0 Å². The highest BCUT2D eigenvalue weighted by molar-refractivity contribution is 6.03. The van der Waals surface area contributed by atoms with E-state index in [2.05, 4.69) is 5.32 Å².